The first-order chi connectivity index (χ1) is 8.46. The Morgan fingerprint density at radius 2 is 1.83 bits per heavy atom. The maximum absolute atomic E-state index is 9.62. The molecule has 106 valence electrons. The van der Waals surface area contributed by atoms with Gasteiger partial charge in [0.15, 0.2) is 0 Å². The number of nitrogens with zero attached hydrogens (tertiary/aromatic N) is 1. The minimum absolute atomic E-state index is 0.128. The molecule has 0 aromatic rings. The molecule has 1 saturated carbocycles. The summed E-state index contributed by atoms with van der Waals surface area (Å²) in [5.74, 6) is 0.522. The molecule has 3 nitrogen and oxygen atoms in total. The molecular weight excluding hydrogens is 224 g/mol. The summed E-state index contributed by atoms with van der Waals surface area (Å²) in [6, 6.07) is 0.810. The summed E-state index contributed by atoms with van der Waals surface area (Å²) in [5, 5.41) is 13.3. The molecule has 0 radical (unpaired) electrons. The van der Waals surface area contributed by atoms with Gasteiger partial charge in [-0.2, -0.15) is 0 Å². The van der Waals surface area contributed by atoms with Crippen molar-refractivity contribution in [2.75, 3.05) is 26.2 Å². The fraction of sp³-hybridized carbons (Fsp3) is 1.00. The van der Waals surface area contributed by atoms with Gasteiger partial charge in [-0.3, -0.25) is 0 Å². The molecule has 2 rings (SSSR count). The van der Waals surface area contributed by atoms with Crippen LogP contribution in [0.2, 0.25) is 0 Å². The lowest BCUT2D eigenvalue weighted by Gasteiger charge is -2.38. The van der Waals surface area contributed by atoms with E-state index in [1.807, 2.05) is 6.92 Å². The van der Waals surface area contributed by atoms with Crippen LogP contribution in [-0.2, 0) is 0 Å². The van der Waals surface area contributed by atoms with E-state index >= 15 is 0 Å². The summed E-state index contributed by atoms with van der Waals surface area (Å²) in [6.45, 7) is 11.3. The molecule has 2 fully saturated rings. The van der Waals surface area contributed by atoms with Crippen molar-refractivity contribution in [2.45, 2.75) is 58.6 Å². The second-order valence-electron chi connectivity index (χ2n) is 7.17. The lowest BCUT2D eigenvalue weighted by atomic mass is 9.88. The van der Waals surface area contributed by atoms with Crippen molar-refractivity contribution in [3.63, 3.8) is 0 Å². The van der Waals surface area contributed by atoms with E-state index in [0.717, 1.165) is 38.5 Å². The Labute approximate surface area is 112 Å². The Bertz CT molecular complexity index is 253. The Hall–Kier alpha value is -0.120. The van der Waals surface area contributed by atoms with E-state index in [9.17, 15) is 5.11 Å². The van der Waals surface area contributed by atoms with Gasteiger partial charge in [0, 0.05) is 19.1 Å². The lowest BCUT2D eigenvalue weighted by molar-refractivity contribution is 0.0580. The minimum Gasteiger partial charge on any atom is -0.393 e. The maximum atomic E-state index is 9.62. The van der Waals surface area contributed by atoms with Crippen molar-refractivity contribution in [2.24, 2.45) is 11.3 Å². The highest BCUT2D eigenvalue weighted by atomic mass is 16.3. The third-order valence-electron chi connectivity index (χ3n) is 4.41. The van der Waals surface area contributed by atoms with Crippen LogP contribution in [0.15, 0.2) is 0 Å². The molecule has 1 heterocycles. The fourth-order valence-electron chi connectivity index (χ4n) is 2.96. The van der Waals surface area contributed by atoms with E-state index in [4.69, 9.17) is 0 Å². The van der Waals surface area contributed by atoms with Crippen molar-refractivity contribution in [3.05, 3.63) is 0 Å². The number of hydrogen-bond donors (Lipinski definition) is 2. The number of likely N-dealkylation sites (tertiary alicyclic amines) is 1. The predicted octanol–water partition coefficient (Wildman–Crippen LogP) is 1.86. The number of hydrogen-bond acceptors (Lipinski definition) is 3. The van der Waals surface area contributed by atoms with Gasteiger partial charge in [-0.15, -0.1) is 0 Å². The third kappa shape index (κ3) is 4.52. The molecule has 1 aliphatic heterocycles. The first kappa shape index (κ1) is 14.3. The van der Waals surface area contributed by atoms with Gasteiger partial charge in [-0.25, -0.2) is 0 Å². The second-order valence-corrected chi connectivity index (χ2v) is 7.17. The Kier molecular flexibility index (Phi) is 4.68. The van der Waals surface area contributed by atoms with Gasteiger partial charge in [0.1, 0.15) is 0 Å². The van der Waals surface area contributed by atoms with Crippen LogP contribution in [0.25, 0.3) is 0 Å². The van der Waals surface area contributed by atoms with E-state index in [2.05, 4.69) is 24.1 Å². The number of piperidine rings is 1. The molecule has 2 aliphatic rings. The van der Waals surface area contributed by atoms with Crippen LogP contribution in [0.3, 0.4) is 0 Å². The maximum Gasteiger partial charge on any atom is 0.0541 e. The highest BCUT2D eigenvalue weighted by molar-refractivity contribution is 4.86. The average molecular weight is 254 g/mol. The van der Waals surface area contributed by atoms with E-state index in [1.165, 1.54) is 19.4 Å². The van der Waals surface area contributed by atoms with Gasteiger partial charge < -0.3 is 15.3 Å². The molecule has 0 amide bonds. The summed E-state index contributed by atoms with van der Waals surface area (Å²) in [4.78, 5) is 2.58. The molecule has 1 aliphatic carbocycles. The monoisotopic (exact) mass is 254 g/mol. The van der Waals surface area contributed by atoms with Gasteiger partial charge in [0.05, 0.1) is 6.10 Å². The predicted molar refractivity (Wildman–Crippen MR) is 75.7 cm³/mol. The topological polar surface area (TPSA) is 35.5 Å². The zero-order chi connectivity index (χ0) is 13.2. The molecule has 1 unspecified atom stereocenters. The van der Waals surface area contributed by atoms with Crippen molar-refractivity contribution >= 4 is 0 Å². The summed E-state index contributed by atoms with van der Waals surface area (Å²) in [7, 11) is 0. The van der Waals surface area contributed by atoms with Crippen LogP contribution < -0.4 is 5.32 Å². The van der Waals surface area contributed by atoms with Crippen LogP contribution in [0, 0.1) is 11.3 Å². The van der Waals surface area contributed by atoms with Gasteiger partial charge in [-0.05, 0) is 57.0 Å². The summed E-state index contributed by atoms with van der Waals surface area (Å²) < 4.78 is 0. The van der Waals surface area contributed by atoms with Crippen LogP contribution >= 0.6 is 0 Å². The van der Waals surface area contributed by atoms with Crippen molar-refractivity contribution < 1.29 is 5.11 Å². The lowest BCUT2D eigenvalue weighted by Crippen LogP contribution is -2.45. The normalized spacial score (nSPS) is 25.3. The van der Waals surface area contributed by atoms with Crippen molar-refractivity contribution in [1.29, 1.82) is 0 Å². The molecule has 3 heteroatoms. The SMILES string of the molecule is CC(O)C1CCN(CC(C)(C)CNC2CC2)CC1. The number of nitrogens with one attached hydrogen (secondary N) is 1. The van der Waals surface area contributed by atoms with Gasteiger partial charge in [-0.1, -0.05) is 13.8 Å². The van der Waals surface area contributed by atoms with E-state index in [1.54, 1.807) is 0 Å². The zero-order valence-electron chi connectivity index (χ0n) is 12.3. The quantitative estimate of drug-likeness (QED) is 0.759. The highest BCUT2D eigenvalue weighted by Gasteiger charge is 2.29. The second kappa shape index (κ2) is 5.89. The number of rotatable bonds is 6. The first-order valence-corrected chi connectivity index (χ1v) is 7.60. The van der Waals surface area contributed by atoms with E-state index in [0.29, 0.717) is 11.3 Å². The molecule has 0 bridgehead atoms. The minimum atomic E-state index is -0.128. The average Bonchev–Trinajstić information content (AvgIpc) is 3.10. The highest BCUT2D eigenvalue weighted by Crippen LogP contribution is 2.25. The molecule has 2 N–H and O–H groups in total. The zero-order valence-corrected chi connectivity index (χ0v) is 12.3. The third-order valence-corrected chi connectivity index (χ3v) is 4.41. The van der Waals surface area contributed by atoms with Gasteiger partial charge >= 0.3 is 0 Å². The largest absolute Gasteiger partial charge is 0.393 e. The molecule has 1 atom stereocenters. The van der Waals surface area contributed by atoms with Crippen LogP contribution in [0.5, 0.6) is 0 Å². The number of aliphatic hydroxyl groups excluding tert-OH is 1. The summed E-state index contributed by atoms with van der Waals surface area (Å²) in [5.41, 5.74) is 0.361. The smallest absolute Gasteiger partial charge is 0.0541 e. The number of aliphatic hydroxyl groups is 1. The molecule has 0 aromatic carbocycles. The fourth-order valence-corrected chi connectivity index (χ4v) is 2.96. The van der Waals surface area contributed by atoms with Crippen LogP contribution in [-0.4, -0.2) is 48.3 Å². The Balaban J connectivity index is 1.68. The van der Waals surface area contributed by atoms with Gasteiger partial charge in [0.2, 0.25) is 0 Å². The van der Waals surface area contributed by atoms with E-state index in [-0.39, 0.29) is 6.10 Å². The van der Waals surface area contributed by atoms with Crippen molar-refractivity contribution in [1.82, 2.24) is 10.2 Å². The summed E-state index contributed by atoms with van der Waals surface area (Å²) >= 11 is 0. The molecule has 1 saturated heterocycles. The Morgan fingerprint density at radius 1 is 1.22 bits per heavy atom. The standard InChI is InChI=1S/C15H30N2O/c1-12(18)13-6-8-17(9-7-13)11-15(2,3)10-16-14-4-5-14/h12-14,16,18H,4-11H2,1-3H3. The van der Waals surface area contributed by atoms with E-state index < -0.39 is 0 Å². The van der Waals surface area contributed by atoms with Crippen molar-refractivity contribution in [3.8, 4) is 0 Å². The molecular formula is C15H30N2O. The Morgan fingerprint density at radius 3 is 2.33 bits per heavy atom. The molecule has 0 spiro atoms. The first-order valence-electron chi connectivity index (χ1n) is 7.60. The summed E-state index contributed by atoms with van der Waals surface area (Å²) in [6.07, 6.45) is 4.93. The molecule has 0 aromatic heterocycles. The van der Waals surface area contributed by atoms with Crippen LogP contribution in [0.4, 0.5) is 0 Å². The van der Waals surface area contributed by atoms with Crippen LogP contribution in [0.1, 0.15) is 46.5 Å². The van der Waals surface area contributed by atoms with Gasteiger partial charge in [0.25, 0.3) is 0 Å². The molecule has 18 heavy (non-hydrogen) atoms.